The standard InChI is InChI=1S/C15H17BrN2O2S/c1-9-8-13(4-5-14(9)16)18-21(19,20)15-10(2)6-12(17)7-11(15)3/h4-8,18H,17H2,1-3H3. The predicted octanol–water partition coefficient (Wildman–Crippen LogP) is 3.76. The van der Waals surface area contributed by atoms with E-state index in [1.807, 2.05) is 13.0 Å². The molecule has 0 bridgehead atoms. The monoisotopic (exact) mass is 368 g/mol. The van der Waals surface area contributed by atoms with Gasteiger partial charge in [-0.15, -0.1) is 0 Å². The highest BCUT2D eigenvalue weighted by molar-refractivity contribution is 9.10. The molecule has 2 rings (SSSR count). The molecular weight excluding hydrogens is 352 g/mol. The zero-order chi connectivity index (χ0) is 15.8. The molecule has 0 aliphatic rings. The van der Waals surface area contributed by atoms with Crippen LogP contribution in [0.2, 0.25) is 0 Å². The third kappa shape index (κ3) is 3.39. The molecule has 0 saturated heterocycles. The second-order valence-corrected chi connectivity index (χ2v) is 7.53. The number of anilines is 2. The highest BCUT2D eigenvalue weighted by Crippen LogP contribution is 2.27. The van der Waals surface area contributed by atoms with Crippen LogP contribution < -0.4 is 10.5 Å². The van der Waals surface area contributed by atoms with Gasteiger partial charge in [0.15, 0.2) is 0 Å². The fourth-order valence-corrected chi connectivity index (χ4v) is 4.07. The maximum Gasteiger partial charge on any atom is 0.262 e. The fraction of sp³-hybridized carbons (Fsp3) is 0.200. The van der Waals surface area contributed by atoms with E-state index in [9.17, 15) is 8.42 Å². The van der Waals surface area contributed by atoms with Crippen molar-refractivity contribution in [3.8, 4) is 0 Å². The number of benzene rings is 2. The van der Waals surface area contributed by atoms with Gasteiger partial charge in [-0.25, -0.2) is 8.42 Å². The van der Waals surface area contributed by atoms with Crippen molar-refractivity contribution in [1.29, 1.82) is 0 Å². The molecule has 4 nitrogen and oxygen atoms in total. The van der Waals surface area contributed by atoms with Crippen molar-refractivity contribution < 1.29 is 8.42 Å². The zero-order valence-corrected chi connectivity index (χ0v) is 14.5. The number of nitrogens with two attached hydrogens (primary N) is 1. The van der Waals surface area contributed by atoms with Crippen LogP contribution in [0.1, 0.15) is 16.7 Å². The summed E-state index contributed by atoms with van der Waals surface area (Å²) < 4.78 is 28.7. The Morgan fingerprint density at radius 2 is 1.57 bits per heavy atom. The average molecular weight is 369 g/mol. The maximum absolute atomic E-state index is 12.6. The first-order valence-corrected chi connectivity index (χ1v) is 8.64. The quantitative estimate of drug-likeness (QED) is 0.810. The van der Waals surface area contributed by atoms with Crippen molar-refractivity contribution in [2.75, 3.05) is 10.5 Å². The van der Waals surface area contributed by atoms with Gasteiger partial charge in [-0.1, -0.05) is 15.9 Å². The van der Waals surface area contributed by atoms with Gasteiger partial charge in [-0.3, -0.25) is 4.72 Å². The summed E-state index contributed by atoms with van der Waals surface area (Å²) in [6.07, 6.45) is 0. The van der Waals surface area contributed by atoms with Crippen LogP contribution in [0.25, 0.3) is 0 Å². The van der Waals surface area contributed by atoms with Crippen LogP contribution in [0, 0.1) is 20.8 Å². The summed E-state index contributed by atoms with van der Waals surface area (Å²) in [7, 11) is -3.64. The minimum Gasteiger partial charge on any atom is -0.399 e. The van der Waals surface area contributed by atoms with Crippen molar-refractivity contribution >= 4 is 37.3 Å². The van der Waals surface area contributed by atoms with E-state index < -0.39 is 10.0 Å². The first kappa shape index (κ1) is 15.9. The van der Waals surface area contributed by atoms with E-state index in [-0.39, 0.29) is 4.90 Å². The molecule has 112 valence electrons. The topological polar surface area (TPSA) is 72.2 Å². The summed E-state index contributed by atoms with van der Waals surface area (Å²) in [6.45, 7) is 5.39. The molecule has 0 unspecified atom stereocenters. The van der Waals surface area contributed by atoms with Gasteiger partial charge >= 0.3 is 0 Å². The molecular formula is C15H17BrN2O2S. The van der Waals surface area contributed by atoms with Crippen LogP contribution in [0.5, 0.6) is 0 Å². The zero-order valence-electron chi connectivity index (χ0n) is 12.1. The molecule has 0 heterocycles. The van der Waals surface area contributed by atoms with Crippen molar-refractivity contribution in [3.63, 3.8) is 0 Å². The van der Waals surface area contributed by atoms with Crippen molar-refractivity contribution in [1.82, 2.24) is 0 Å². The number of nitrogen functional groups attached to an aromatic ring is 1. The number of nitrogens with one attached hydrogen (secondary N) is 1. The molecule has 0 radical (unpaired) electrons. The Bertz CT molecular complexity index is 778. The number of hydrogen-bond donors (Lipinski definition) is 2. The molecule has 0 amide bonds. The normalized spacial score (nSPS) is 11.4. The lowest BCUT2D eigenvalue weighted by molar-refractivity contribution is 0.600. The lowest BCUT2D eigenvalue weighted by atomic mass is 10.1. The van der Waals surface area contributed by atoms with Crippen molar-refractivity contribution in [2.24, 2.45) is 0 Å². The largest absolute Gasteiger partial charge is 0.399 e. The maximum atomic E-state index is 12.6. The number of rotatable bonds is 3. The summed E-state index contributed by atoms with van der Waals surface area (Å²) in [5, 5.41) is 0. The van der Waals surface area contributed by atoms with E-state index in [1.54, 1.807) is 38.1 Å². The Balaban J connectivity index is 2.46. The molecule has 0 fully saturated rings. The third-order valence-corrected chi connectivity index (χ3v) is 5.74. The van der Waals surface area contributed by atoms with E-state index in [4.69, 9.17) is 5.73 Å². The SMILES string of the molecule is Cc1cc(NS(=O)(=O)c2c(C)cc(N)cc2C)ccc1Br. The minimum absolute atomic E-state index is 0.275. The molecule has 0 aliphatic heterocycles. The molecule has 2 aromatic rings. The second-order valence-electron chi connectivity index (χ2n) is 5.05. The van der Waals surface area contributed by atoms with Crippen LogP contribution in [-0.2, 0) is 10.0 Å². The molecule has 6 heteroatoms. The van der Waals surface area contributed by atoms with E-state index in [0.717, 1.165) is 10.0 Å². The first-order valence-electron chi connectivity index (χ1n) is 6.36. The van der Waals surface area contributed by atoms with Crippen LogP contribution >= 0.6 is 15.9 Å². The average Bonchev–Trinajstić information content (AvgIpc) is 2.31. The van der Waals surface area contributed by atoms with E-state index in [2.05, 4.69) is 20.7 Å². The Morgan fingerprint density at radius 1 is 1.00 bits per heavy atom. The molecule has 3 N–H and O–H groups in total. The molecule has 0 saturated carbocycles. The summed E-state index contributed by atoms with van der Waals surface area (Å²) in [6, 6.07) is 8.64. The molecule has 2 aromatic carbocycles. The van der Waals surface area contributed by atoms with Crippen LogP contribution in [0.15, 0.2) is 39.7 Å². The Labute approximate surface area is 133 Å². The van der Waals surface area contributed by atoms with Crippen LogP contribution in [0.3, 0.4) is 0 Å². The van der Waals surface area contributed by atoms with Gasteiger partial charge in [-0.2, -0.15) is 0 Å². The van der Waals surface area contributed by atoms with Crippen LogP contribution in [0.4, 0.5) is 11.4 Å². The Kier molecular flexibility index (Phi) is 4.30. The summed E-state index contributed by atoms with van der Waals surface area (Å²) in [5.41, 5.74) is 9.06. The highest BCUT2D eigenvalue weighted by atomic mass is 79.9. The van der Waals surface area contributed by atoms with E-state index >= 15 is 0 Å². The highest BCUT2D eigenvalue weighted by Gasteiger charge is 2.20. The van der Waals surface area contributed by atoms with Gasteiger partial charge < -0.3 is 5.73 Å². The minimum atomic E-state index is -3.64. The summed E-state index contributed by atoms with van der Waals surface area (Å²) in [5.74, 6) is 0. The number of halogens is 1. The summed E-state index contributed by atoms with van der Waals surface area (Å²) in [4.78, 5) is 0.275. The van der Waals surface area contributed by atoms with Gasteiger partial charge in [-0.05, 0) is 67.8 Å². The third-order valence-electron chi connectivity index (χ3n) is 3.16. The van der Waals surface area contributed by atoms with Crippen molar-refractivity contribution in [3.05, 3.63) is 51.5 Å². The van der Waals surface area contributed by atoms with Gasteiger partial charge in [0.05, 0.1) is 4.90 Å². The molecule has 21 heavy (non-hydrogen) atoms. The number of aryl methyl sites for hydroxylation is 3. The van der Waals surface area contributed by atoms with E-state index in [1.165, 1.54) is 0 Å². The lowest BCUT2D eigenvalue weighted by Gasteiger charge is -2.14. The summed E-state index contributed by atoms with van der Waals surface area (Å²) >= 11 is 3.39. The van der Waals surface area contributed by atoms with Gasteiger partial charge in [0.2, 0.25) is 0 Å². The molecule has 0 aliphatic carbocycles. The smallest absolute Gasteiger partial charge is 0.262 e. The fourth-order valence-electron chi connectivity index (χ4n) is 2.32. The first-order chi connectivity index (χ1) is 9.70. The molecule has 0 spiro atoms. The van der Waals surface area contributed by atoms with E-state index in [0.29, 0.717) is 22.5 Å². The van der Waals surface area contributed by atoms with Gasteiger partial charge in [0.25, 0.3) is 10.0 Å². The predicted molar refractivity (Wildman–Crippen MR) is 90.0 cm³/mol. The lowest BCUT2D eigenvalue weighted by Crippen LogP contribution is -2.16. The van der Waals surface area contributed by atoms with Crippen LogP contribution in [-0.4, -0.2) is 8.42 Å². The van der Waals surface area contributed by atoms with Crippen molar-refractivity contribution in [2.45, 2.75) is 25.7 Å². The molecule has 0 atom stereocenters. The second kappa shape index (κ2) is 5.69. The molecule has 0 aromatic heterocycles. The number of hydrogen-bond acceptors (Lipinski definition) is 3. The Morgan fingerprint density at radius 3 is 2.10 bits per heavy atom. The number of sulfonamides is 1. The van der Waals surface area contributed by atoms with Gasteiger partial charge in [0, 0.05) is 15.8 Å². The van der Waals surface area contributed by atoms with Gasteiger partial charge in [0.1, 0.15) is 0 Å². The Hall–Kier alpha value is -1.53.